The fourth-order valence-electron chi connectivity index (χ4n) is 1.44. The van der Waals surface area contributed by atoms with Crippen molar-refractivity contribution in [1.82, 2.24) is 0 Å². The molecule has 0 saturated carbocycles. The number of benzene rings is 1. The fourth-order valence-corrected chi connectivity index (χ4v) is 1.44. The highest BCUT2D eigenvalue weighted by Gasteiger charge is 2.16. The maximum atomic E-state index is 12.9. The molecule has 0 saturated heterocycles. The molecule has 0 aromatic heterocycles. The number of hydrogen-bond acceptors (Lipinski definition) is 3. The van der Waals surface area contributed by atoms with Crippen molar-refractivity contribution in [3.05, 3.63) is 35.4 Å². The van der Waals surface area contributed by atoms with Crippen LogP contribution in [0.5, 0.6) is 0 Å². The number of ketones is 1. The summed E-state index contributed by atoms with van der Waals surface area (Å²) in [5.41, 5.74) is 5.75. The van der Waals surface area contributed by atoms with Crippen LogP contribution in [0.3, 0.4) is 0 Å². The number of hydrogen-bond donors (Lipinski definition) is 1. The lowest BCUT2D eigenvalue weighted by Crippen LogP contribution is -2.30. The van der Waals surface area contributed by atoms with Crippen molar-refractivity contribution in [2.75, 3.05) is 13.7 Å². The number of carbonyl (C=O) groups is 1. The number of nitrogens with two attached hydrogens (primary N) is 1. The Balaban J connectivity index is 2.65. The Kier molecular flexibility index (Phi) is 5.18. The first-order valence-electron chi connectivity index (χ1n) is 5.30. The maximum Gasteiger partial charge on any atom is 0.179 e. The minimum absolute atomic E-state index is 0.0915. The minimum atomic E-state index is -1.04. The molecular formula is C12H15F2NO2. The third-order valence-corrected chi connectivity index (χ3v) is 2.40. The second-order valence-corrected chi connectivity index (χ2v) is 3.73. The SMILES string of the molecule is COCCCC(N)C(=O)c1ccc(F)c(F)c1. The topological polar surface area (TPSA) is 52.3 Å². The standard InChI is InChI=1S/C12H15F2NO2/c1-17-6-2-3-11(15)12(16)8-4-5-9(13)10(14)7-8/h4-5,7,11H,2-3,6,15H2,1H3. The maximum absolute atomic E-state index is 12.9. The molecular weight excluding hydrogens is 228 g/mol. The summed E-state index contributed by atoms with van der Waals surface area (Å²) in [7, 11) is 1.56. The van der Waals surface area contributed by atoms with Gasteiger partial charge in [0.2, 0.25) is 0 Å². The molecule has 3 nitrogen and oxygen atoms in total. The van der Waals surface area contributed by atoms with Gasteiger partial charge in [0.25, 0.3) is 0 Å². The molecule has 1 aromatic carbocycles. The molecule has 1 unspecified atom stereocenters. The van der Waals surface area contributed by atoms with E-state index in [9.17, 15) is 13.6 Å². The first-order chi connectivity index (χ1) is 8.06. The van der Waals surface area contributed by atoms with Crippen LogP contribution < -0.4 is 5.73 Å². The van der Waals surface area contributed by atoms with Crippen LogP contribution in [0.4, 0.5) is 8.78 Å². The summed E-state index contributed by atoms with van der Waals surface area (Å²) < 4.78 is 30.4. The molecule has 2 N–H and O–H groups in total. The minimum Gasteiger partial charge on any atom is -0.385 e. The fraction of sp³-hybridized carbons (Fsp3) is 0.417. The molecule has 0 spiro atoms. The van der Waals surface area contributed by atoms with E-state index in [1.165, 1.54) is 6.07 Å². The second-order valence-electron chi connectivity index (χ2n) is 3.73. The van der Waals surface area contributed by atoms with Gasteiger partial charge in [-0.3, -0.25) is 4.79 Å². The summed E-state index contributed by atoms with van der Waals surface area (Å²) >= 11 is 0. The highest BCUT2D eigenvalue weighted by atomic mass is 19.2. The van der Waals surface area contributed by atoms with Crippen LogP contribution in [0.15, 0.2) is 18.2 Å². The van der Waals surface area contributed by atoms with E-state index in [0.29, 0.717) is 19.4 Å². The zero-order valence-electron chi connectivity index (χ0n) is 9.58. The number of Topliss-reactive ketones (excluding diaryl/α,β-unsaturated/α-hetero) is 1. The Morgan fingerprint density at radius 2 is 2.12 bits per heavy atom. The molecule has 17 heavy (non-hydrogen) atoms. The summed E-state index contributed by atoms with van der Waals surface area (Å²) in [5, 5.41) is 0. The van der Waals surface area contributed by atoms with E-state index >= 15 is 0 Å². The van der Waals surface area contributed by atoms with Crippen LogP contribution in [-0.2, 0) is 4.74 Å². The van der Waals surface area contributed by atoms with Gasteiger partial charge < -0.3 is 10.5 Å². The summed E-state index contributed by atoms with van der Waals surface area (Å²) in [6.07, 6.45) is 1.10. The molecule has 1 aromatic rings. The number of rotatable bonds is 6. The van der Waals surface area contributed by atoms with E-state index in [1.807, 2.05) is 0 Å². The Bertz CT molecular complexity index is 396. The summed E-state index contributed by atoms with van der Waals surface area (Å²) in [5.74, 6) is -2.41. The van der Waals surface area contributed by atoms with Crippen LogP contribution in [0.2, 0.25) is 0 Å². The molecule has 0 bridgehead atoms. The monoisotopic (exact) mass is 243 g/mol. The molecule has 0 fully saturated rings. The van der Waals surface area contributed by atoms with E-state index in [0.717, 1.165) is 12.1 Å². The van der Waals surface area contributed by atoms with E-state index in [2.05, 4.69) is 0 Å². The third-order valence-electron chi connectivity index (χ3n) is 2.40. The number of carbonyl (C=O) groups excluding carboxylic acids is 1. The first kappa shape index (κ1) is 13.7. The highest BCUT2D eigenvalue weighted by Crippen LogP contribution is 2.11. The predicted molar refractivity (Wildman–Crippen MR) is 59.8 cm³/mol. The Morgan fingerprint density at radius 3 is 2.71 bits per heavy atom. The molecule has 0 aliphatic heterocycles. The Morgan fingerprint density at radius 1 is 1.41 bits per heavy atom. The van der Waals surface area contributed by atoms with Crippen LogP contribution >= 0.6 is 0 Å². The van der Waals surface area contributed by atoms with Crippen molar-refractivity contribution < 1.29 is 18.3 Å². The molecule has 1 atom stereocenters. The van der Waals surface area contributed by atoms with E-state index < -0.39 is 17.7 Å². The van der Waals surface area contributed by atoms with Crippen molar-refractivity contribution in [3.63, 3.8) is 0 Å². The number of methoxy groups -OCH3 is 1. The van der Waals surface area contributed by atoms with Crippen molar-refractivity contribution in [2.45, 2.75) is 18.9 Å². The van der Waals surface area contributed by atoms with Crippen molar-refractivity contribution in [2.24, 2.45) is 5.73 Å². The Hall–Kier alpha value is -1.33. The predicted octanol–water partition coefficient (Wildman–Crippen LogP) is 1.90. The molecule has 0 heterocycles. The van der Waals surface area contributed by atoms with Crippen LogP contribution in [0, 0.1) is 11.6 Å². The van der Waals surface area contributed by atoms with Crippen molar-refractivity contribution >= 4 is 5.78 Å². The molecule has 5 heteroatoms. The molecule has 94 valence electrons. The molecule has 0 amide bonds. The molecule has 0 aliphatic rings. The van der Waals surface area contributed by atoms with Gasteiger partial charge in [-0.1, -0.05) is 0 Å². The van der Waals surface area contributed by atoms with Crippen molar-refractivity contribution in [3.8, 4) is 0 Å². The normalized spacial score (nSPS) is 12.5. The lowest BCUT2D eigenvalue weighted by atomic mass is 10.0. The van der Waals surface area contributed by atoms with Gasteiger partial charge in [0.1, 0.15) is 0 Å². The molecule has 0 radical (unpaired) electrons. The van der Waals surface area contributed by atoms with E-state index in [1.54, 1.807) is 7.11 Å². The number of halogens is 2. The Labute approximate surface area is 98.6 Å². The lowest BCUT2D eigenvalue weighted by molar-refractivity contribution is 0.0950. The van der Waals surface area contributed by atoms with Crippen LogP contribution in [0.1, 0.15) is 23.2 Å². The van der Waals surface area contributed by atoms with Gasteiger partial charge in [-0.2, -0.15) is 0 Å². The van der Waals surface area contributed by atoms with Gasteiger partial charge in [-0.25, -0.2) is 8.78 Å². The largest absolute Gasteiger partial charge is 0.385 e. The van der Waals surface area contributed by atoms with Gasteiger partial charge >= 0.3 is 0 Å². The second kappa shape index (κ2) is 6.42. The first-order valence-corrected chi connectivity index (χ1v) is 5.30. The number of ether oxygens (including phenoxy) is 1. The molecule has 1 rings (SSSR count). The van der Waals surface area contributed by atoms with Crippen molar-refractivity contribution in [1.29, 1.82) is 0 Å². The van der Waals surface area contributed by atoms with Gasteiger partial charge in [0.05, 0.1) is 6.04 Å². The quantitative estimate of drug-likeness (QED) is 0.613. The smallest absolute Gasteiger partial charge is 0.179 e. The summed E-state index contributed by atoms with van der Waals surface area (Å²) in [6.45, 7) is 0.513. The van der Waals surface area contributed by atoms with Gasteiger partial charge in [0, 0.05) is 19.3 Å². The summed E-state index contributed by atoms with van der Waals surface area (Å²) in [4.78, 5) is 11.7. The van der Waals surface area contributed by atoms with E-state index in [-0.39, 0.29) is 11.3 Å². The van der Waals surface area contributed by atoms with Crippen LogP contribution in [-0.4, -0.2) is 25.5 Å². The zero-order valence-corrected chi connectivity index (χ0v) is 9.58. The average molecular weight is 243 g/mol. The highest BCUT2D eigenvalue weighted by molar-refractivity contribution is 5.99. The van der Waals surface area contributed by atoms with Gasteiger partial charge in [-0.15, -0.1) is 0 Å². The van der Waals surface area contributed by atoms with Crippen LogP contribution in [0.25, 0.3) is 0 Å². The van der Waals surface area contributed by atoms with Gasteiger partial charge in [0.15, 0.2) is 17.4 Å². The third kappa shape index (κ3) is 3.87. The summed E-state index contributed by atoms with van der Waals surface area (Å²) in [6, 6.07) is 2.31. The van der Waals surface area contributed by atoms with E-state index in [4.69, 9.17) is 10.5 Å². The molecule has 0 aliphatic carbocycles. The van der Waals surface area contributed by atoms with Gasteiger partial charge in [-0.05, 0) is 31.0 Å². The zero-order chi connectivity index (χ0) is 12.8. The lowest BCUT2D eigenvalue weighted by Gasteiger charge is -2.10. The average Bonchev–Trinajstić information content (AvgIpc) is 2.32.